The minimum atomic E-state index is -2.82. The zero-order valence-electron chi connectivity index (χ0n) is 48.3. The first-order valence-electron chi connectivity index (χ1n) is 28.0. The highest BCUT2D eigenvalue weighted by Crippen LogP contribution is 2.34. The number of aliphatic hydroxyl groups is 27. The van der Waals surface area contributed by atoms with Crippen LogP contribution in [0.4, 0.5) is 0 Å². The van der Waals surface area contributed by atoms with Crippen molar-refractivity contribution in [1.29, 1.82) is 0 Å². The molecule has 29 unspecified atom stereocenters. The van der Waals surface area contributed by atoms with E-state index in [1.165, 1.54) is 0 Å². The molecule has 0 aromatic heterocycles. The van der Waals surface area contributed by atoms with Crippen molar-refractivity contribution in [2.45, 2.75) is 211 Å². The molecule has 530 valence electrons. The molecule has 42 heteroatoms. The van der Waals surface area contributed by atoms with Crippen molar-refractivity contribution in [2.75, 3.05) is 59.9 Å². The number of methoxy groups -OCH3 is 1. The van der Waals surface area contributed by atoms with Crippen LogP contribution in [0.15, 0.2) is 39.7 Å². The Labute approximate surface area is 514 Å². The largest absolute Gasteiger partial charge is 0.506 e. The van der Waals surface area contributed by atoms with Gasteiger partial charge in [0.25, 0.3) is 0 Å². The summed E-state index contributed by atoms with van der Waals surface area (Å²) in [6, 6.07) is 0. The molecule has 7 rings (SSSR count). The number of azide groups is 1. The molecule has 29 atom stereocenters. The molecule has 0 amide bonds. The highest BCUT2D eigenvalue weighted by atomic mass is 16.8. The van der Waals surface area contributed by atoms with Crippen LogP contribution in [0.2, 0.25) is 0 Å². The topological polar surface area (TPSA) is 706 Å². The average Bonchev–Trinajstić information content (AvgIpc) is 3.30. The maximum atomic E-state index is 11.4. The van der Waals surface area contributed by atoms with Crippen LogP contribution in [0.25, 0.3) is 10.4 Å². The van der Waals surface area contributed by atoms with Gasteiger partial charge in [0.15, 0.2) is 66.0 Å². The standard InChI is InChI=1S/C49H85N3O39/c1-80-41-27(64)19(6-11-56)85-49-37(74)30(67)40(22(14-59)88-49)91-45(78)34(71)26(63)18(5-10-55)84-48-36(73)28(65)38(20(12-57)87-48)89-43(76)32(69)23(60)15(2-7-51-52-50)81-42(75)31(68)25(62)17(4-9-54)83-47-35(72)29(66)39(21(13-58)86-47)90-44(77)33(70)24(61)16(3-8-53)82-46(41)79/h15-24,28-30,32-33,35-40,42-49,53-79H,2-14H2,1H3/b31-25+,34-26-,41-27-. The van der Waals surface area contributed by atoms with Gasteiger partial charge < -0.3 is 195 Å². The molecule has 0 aliphatic carbocycles. The molecular formula is C49H85N3O39. The minimum absolute atomic E-state index is 0.645. The van der Waals surface area contributed by atoms with Crippen molar-refractivity contribution in [2.24, 2.45) is 5.11 Å². The summed E-state index contributed by atoms with van der Waals surface area (Å²) in [5, 5.41) is 296. The molecule has 3 saturated heterocycles. The molecule has 0 saturated carbocycles. The van der Waals surface area contributed by atoms with Crippen molar-refractivity contribution >= 4 is 0 Å². The monoisotopic (exact) mass is 1340 g/mol. The first-order valence-corrected chi connectivity index (χ1v) is 28.0. The van der Waals surface area contributed by atoms with Crippen LogP contribution in [0.3, 0.4) is 0 Å². The zero-order chi connectivity index (χ0) is 68.3. The van der Waals surface area contributed by atoms with Crippen molar-refractivity contribution in [3.8, 4) is 0 Å². The summed E-state index contributed by atoms with van der Waals surface area (Å²) in [7, 11) is 0.828. The third kappa shape index (κ3) is 20.3. The van der Waals surface area contributed by atoms with Crippen LogP contribution in [-0.2, 0) is 56.8 Å². The first-order chi connectivity index (χ1) is 43.1. The van der Waals surface area contributed by atoms with Gasteiger partial charge in [0.05, 0.1) is 39.1 Å². The lowest BCUT2D eigenvalue weighted by atomic mass is 9.98. The van der Waals surface area contributed by atoms with Crippen LogP contribution < -0.4 is 0 Å². The highest BCUT2D eigenvalue weighted by Gasteiger charge is 2.53. The fourth-order valence-electron chi connectivity index (χ4n) is 9.64. The number of fused-ring (bicyclic) bond motifs is 3. The first kappa shape index (κ1) is 79.4. The molecule has 0 spiro atoms. The Bertz CT molecular complexity index is 2290. The Morgan fingerprint density at radius 2 is 0.681 bits per heavy atom. The van der Waals surface area contributed by atoms with Crippen molar-refractivity contribution < 1.29 is 195 Å². The predicted molar refractivity (Wildman–Crippen MR) is 283 cm³/mol. The number of aliphatic hydroxyl groups excluding tert-OH is 27. The summed E-state index contributed by atoms with van der Waals surface area (Å²) in [6.07, 6.45) is -70.7. The summed E-state index contributed by atoms with van der Waals surface area (Å²) in [4.78, 5) is 2.51. The molecule has 7 aliphatic rings. The number of hydrogen-bond donors (Lipinski definition) is 27. The fraction of sp³-hybridized carbons (Fsp3) is 0.878. The summed E-state index contributed by atoms with van der Waals surface area (Å²) in [5.74, 6) is -8.30. The van der Waals surface area contributed by atoms with Crippen molar-refractivity contribution in [1.82, 2.24) is 0 Å². The average molecular weight is 1340 g/mol. The second-order valence-electron chi connectivity index (χ2n) is 20.7. The molecule has 3 fully saturated rings. The van der Waals surface area contributed by atoms with Crippen LogP contribution >= 0.6 is 0 Å². The molecule has 7 heterocycles. The van der Waals surface area contributed by atoms with Crippen LogP contribution in [0.5, 0.6) is 0 Å². The van der Waals surface area contributed by atoms with Gasteiger partial charge in [-0.05, 0) is 18.4 Å². The van der Waals surface area contributed by atoms with Gasteiger partial charge in [0.2, 0.25) is 18.9 Å². The van der Waals surface area contributed by atoms with E-state index in [2.05, 4.69) is 10.0 Å². The third-order valence-electron chi connectivity index (χ3n) is 14.7. The van der Waals surface area contributed by atoms with Gasteiger partial charge in [-0.3, -0.25) is 0 Å². The van der Waals surface area contributed by atoms with Gasteiger partial charge in [-0.25, -0.2) is 0 Å². The molecule has 27 N–H and O–H groups in total. The van der Waals surface area contributed by atoms with Gasteiger partial charge >= 0.3 is 0 Å². The molecule has 7 aliphatic heterocycles. The Kier molecular flexibility index (Phi) is 33.1. The zero-order valence-corrected chi connectivity index (χ0v) is 48.3. The van der Waals surface area contributed by atoms with E-state index < -0.39 is 298 Å². The number of nitrogens with zero attached hydrogens (tertiary/aromatic N) is 3. The van der Waals surface area contributed by atoms with E-state index in [-0.39, 0.29) is 0 Å². The summed E-state index contributed by atoms with van der Waals surface area (Å²) in [5.41, 5.74) is 8.90. The molecule has 42 nitrogen and oxygen atoms in total. The van der Waals surface area contributed by atoms with Crippen LogP contribution in [0, 0.1) is 0 Å². The second kappa shape index (κ2) is 37.9. The lowest BCUT2D eigenvalue weighted by Crippen LogP contribution is -2.62. The van der Waals surface area contributed by atoms with E-state index in [1.54, 1.807) is 0 Å². The van der Waals surface area contributed by atoms with E-state index in [9.17, 15) is 138 Å². The number of hydrogen-bond acceptors (Lipinski definition) is 40. The second-order valence-corrected chi connectivity index (χ2v) is 20.7. The molecule has 6 bridgehead atoms. The molecule has 0 aromatic rings. The minimum Gasteiger partial charge on any atom is -0.506 e. The van der Waals surface area contributed by atoms with Gasteiger partial charge in [0, 0.05) is 57.1 Å². The maximum absolute atomic E-state index is 11.4. The summed E-state index contributed by atoms with van der Waals surface area (Å²) >= 11 is 0. The Hall–Kier alpha value is -3.99. The fourth-order valence-corrected chi connectivity index (χ4v) is 9.64. The van der Waals surface area contributed by atoms with E-state index in [0.717, 1.165) is 7.11 Å². The molecule has 0 radical (unpaired) electrons. The highest BCUT2D eigenvalue weighted by molar-refractivity contribution is 5.11. The normalized spacial score (nSPS) is 44.9. The molecular weight excluding hydrogens is 1250 g/mol. The third-order valence-corrected chi connectivity index (χ3v) is 14.7. The number of ether oxygens (including phenoxy) is 12. The summed E-state index contributed by atoms with van der Waals surface area (Å²) < 4.78 is 64.7. The predicted octanol–water partition coefficient (Wildman–Crippen LogP) is -11.3. The van der Waals surface area contributed by atoms with E-state index in [0.29, 0.717) is 0 Å². The van der Waals surface area contributed by atoms with Gasteiger partial charge in [-0.2, -0.15) is 0 Å². The van der Waals surface area contributed by atoms with E-state index in [4.69, 9.17) is 62.4 Å². The van der Waals surface area contributed by atoms with Gasteiger partial charge in [-0.1, -0.05) is 5.11 Å². The maximum Gasteiger partial charge on any atom is 0.218 e. The Morgan fingerprint density at radius 3 is 1.02 bits per heavy atom. The lowest BCUT2D eigenvalue weighted by molar-refractivity contribution is -0.340. The van der Waals surface area contributed by atoms with E-state index >= 15 is 0 Å². The molecule has 91 heavy (non-hydrogen) atoms. The SMILES string of the molecule is CO/C1=C(\O)C(CCO)OC2OC(CO)C(OC(O)/C(O)=C(/O)C(CCO)OC3OC(CO)C(OC(O)C(O)C(O)C(CCN=[N+]=[N-])OC(O)/C(O)=C(\O)C(CCO)OC4OC(CO)C(OC(O)C(O)C(O)C(CCO)OC1O)C(O)C4O)C(O)C3O)C(O)C2O. The van der Waals surface area contributed by atoms with Crippen LogP contribution in [0.1, 0.15) is 32.1 Å². The van der Waals surface area contributed by atoms with Crippen molar-refractivity contribution in [3.05, 3.63) is 45.0 Å². The van der Waals surface area contributed by atoms with Gasteiger partial charge in [-0.15, -0.1) is 0 Å². The molecule has 0 aromatic carbocycles. The van der Waals surface area contributed by atoms with E-state index in [1.807, 2.05) is 0 Å². The smallest absolute Gasteiger partial charge is 0.218 e. The van der Waals surface area contributed by atoms with Crippen LogP contribution in [-0.4, -0.2) is 376 Å². The lowest BCUT2D eigenvalue weighted by Gasteiger charge is -2.44. The van der Waals surface area contributed by atoms with Gasteiger partial charge in [0.1, 0.15) is 116 Å². The summed E-state index contributed by atoms with van der Waals surface area (Å²) in [6.45, 7) is -7.90. The quantitative estimate of drug-likeness (QED) is 0.0411. The Balaban J connectivity index is 1.79. The van der Waals surface area contributed by atoms with Crippen molar-refractivity contribution in [3.63, 3.8) is 0 Å². The Morgan fingerprint density at radius 1 is 0.352 bits per heavy atom. The number of rotatable bonds is 15.